The summed E-state index contributed by atoms with van der Waals surface area (Å²) in [4.78, 5) is 4.47. The minimum absolute atomic E-state index is 0.355. The van der Waals surface area contributed by atoms with Crippen LogP contribution in [0.3, 0.4) is 0 Å². The molecule has 0 atom stereocenters. The van der Waals surface area contributed by atoms with Gasteiger partial charge in [0.2, 0.25) is 0 Å². The van der Waals surface area contributed by atoms with E-state index < -0.39 is 18.3 Å². The molecule has 3 heterocycles. The van der Waals surface area contributed by atoms with Gasteiger partial charge in [0.25, 0.3) is 0 Å². The number of hydrogen-bond acceptors (Lipinski definition) is 6. The first-order valence-electron chi connectivity index (χ1n) is 8.55. The lowest BCUT2D eigenvalue weighted by Crippen LogP contribution is -2.41. The summed E-state index contributed by atoms with van der Waals surface area (Å²) in [5.41, 5.74) is 0.495. The van der Waals surface area contributed by atoms with Crippen LogP contribution < -0.4 is 16.1 Å². The van der Waals surface area contributed by atoms with Gasteiger partial charge >= 0.3 is 7.12 Å². The molecule has 3 rings (SSSR count). The largest absolute Gasteiger partial charge is 0.496 e. The van der Waals surface area contributed by atoms with Crippen molar-refractivity contribution in [3.63, 3.8) is 0 Å². The van der Waals surface area contributed by atoms with Gasteiger partial charge in [0.05, 0.1) is 16.8 Å². The molecule has 24 heavy (non-hydrogen) atoms. The molecular weight excluding hydrogens is 303 g/mol. The molecule has 2 aliphatic rings. The van der Waals surface area contributed by atoms with Gasteiger partial charge in [-0.2, -0.15) is 5.26 Å². The van der Waals surface area contributed by atoms with Crippen LogP contribution in [0.15, 0.2) is 12.3 Å². The van der Waals surface area contributed by atoms with Crippen molar-refractivity contribution < 1.29 is 9.31 Å². The number of nitrogens with one attached hydrogen (secondary N) is 2. The second kappa shape index (κ2) is 6.36. The van der Waals surface area contributed by atoms with Gasteiger partial charge in [-0.25, -0.2) is 4.98 Å². The number of rotatable bonds is 3. The van der Waals surface area contributed by atoms with Gasteiger partial charge in [-0.3, -0.25) is 0 Å². The molecule has 1 aromatic rings. The van der Waals surface area contributed by atoms with E-state index in [1.807, 2.05) is 33.8 Å². The van der Waals surface area contributed by atoms with Crippen LogP contribution >= 0.6 is 0 Å². The van der Waals surface area contributed by atoms with E-state index in [-0.39, 0.29) is 0 Å². The lowest BCUT2D eigenvalue weighted by molar-refractivity contribution is 0.00578. The van der Waals surface area contributed by atoms with Gasteiger partial charge in [-0.05, 0) is 59.7 Å². The summed E-state index contributed by atoms with van der Waals surface area (Å²) in [6.45, 7) is 10.0. The molecule has 0 amide bonds. The van der Waals surface area contributed by atoms with Gasteiger partial charge in [0, 0.05) is 17.7 Å². The van der Waals surface area contributed by atoms with Crippen molar-refractivity contribution in [1.82, 2.24) is 10.3 Å². The number of nitrogens with zero attached hydrogens (tertiary/aromatic N) is 2. The minimum atomic E-state index is -0.498. The van der Waals surface area contributed by atoms with Crippen molar-refractivity contribution in [3.05, 3.63) is 17.8 Å². The van der Waals surface area contributed by atoms with Crippen LogP contribution in [0.2, 0.25) is 0 Å². The number of piperidine rings is 1. The molecule has 0 aliphatic carbocycles. The zero-order chi connectivity index (χ0) is 17.4. The third-order valence-corrected chi connectivity index (χ3v) is 5.23. The Morgan fingerprint density at radius 2 is 1.88 bits per heavy atom. The van der Waals surface area contributed by atoms with E-state index in [0.717, 1.165) is 31.4 Å². The van der Waals surface area contributed by atoms with E-state index in [9.17, 15) is 5.26 Å². The maximum atomic E-state index is 9.50. The smallest absolute Gasteiger partial charge is 0.399 e. The van der Waals surface area contributed by atoms with Gasteiger partial charge in [0.15, 0.2) is 0 Å². The number of anilines is 1. The fraction of sp³-hybridized carbons (Fsp3) is 0.647. The summed E-state index contributed by atoms with van der Waals surface area (Å²) < 4.78 is 12.1. The lowest BCUT2D eigenvalue weighted by atomic mass is 9.79. The van der Waals surface area contributed by atoms with Crippen molar-refractivity contribution in [2.75, 3.05) is 18.4 Å². The van der Waals surface area contributed by atoms with Gasteiger partial charge < -0.3 is 19.9 Å². The first kappa shape index (κ1) is 17.2. The van der Waals surface area contributed by atoms with Crippen LogP contribution in [0.25, 0.3) is 0 Å². The van der Waals surface area contributed by atoms with Gasteiger partial charge in [-0.15, -0.1) is 0 Å². The van der Waals surface area contributed by atoms with E-state index in [2.05, 4.69) is 21.7 Å². The molecule has 2 fully saturated rings. The van der Waals surface area contributed by atoms with Crippen LogP contribution in [0.4, 0.5) is 5.82 Å². The topological polar surface area (TPSA) is 79.2 Å². The lowest BCUT2D eigenvalue weighted by Gasteiger charge is -2.32. The second-order valence-corrected chi connectivity index (χ2v) is 7.53. The van der Waals surface area contributed by atoms with E-state index in [1.54, 1.807) is 6.20 Å². The molecule has 0 aromatic carbocycles. The molecule has 0 saturated carbocycles. The maximum Gasteiger partial charge on any atom is 0.496 e. The Hall–Kier alpha value is -1.62. The zero-order valence-corrected chi connectivity index (χ0v) is 14.8. The Morgan fingerprint density at radius 3 is 2.46 bits per heavy atom. The Kier molecular flexibility index (Phi) is 4.56. The molecule has 2 saturated heterocycles. The number of nitriles is 1. The fourth-order valence-corrected chi connectivity index (χ4v) is 2.95. The van der Waals surface area contributed by atoms with Crippen LogP contribution in [0, 0.1) is 11.3 Å². The zero-order valence-electron chi connectivity index (χ0n) is 14.8. The summed E-state index contributed by atoms with van der Waals surface area (Å²) in [7, 11) is -0.498. The van der Waals surface area contributed by atoms with Crippen LogP contribution in [0.1, 0.15) is 46.1 Å². The average molecular weight is 328 g/mol. The summed E-state index contributed by atoms with van der Waals surface area (Å²) in [5, 5.41) is 16.2. The van der Waals surface area contributed by atoms with E-state index in [4.69, 9.17) is 9.31 Å². The standard InChI is InChI=1S/C17H25BN4O2/c1-16(2)17(3,4)24-18(23-16)13-9-12(10-19)15(21-11-13)22-14-5-7-20-8-6-14/h9,11,14,20H,5-8H2,1-4H3,(H,21,22). The monoisotopic (exact) mass is 328 g/mol. The van der Waals surface area contributed by atoms with Crippen molar-refractivity contribution in [2.45, 2.75) is 57.8 Å². The predicted octanol–water partition coefficient (Wildman–Crippen LogP) is 1.42. The Morgan fingerprint density at radius 1 is 1.25 bits per heavy atom. The minimum Gasteiger partial charge on any atom is -0.399 e. The predicted molar refractivity (Wildman–Crippen MR) is 94.2 cm³/mol. The van der Waals surface area contributed by atoms with Crippen molar-refractivity contribution in [1.29, 1.82) is 5.26 Å². The average Bonchev–Trinajstić information content (AvgIpc) is 2.77. The molecule has 7 heteroatoms. The van der Waals surface area contributed by atoms with Gasteiger partial charge in [-0.1, -0.05) is 0 Å². The molecule has 6 nitrogen and oxygen atoms in total. The maximum absolute atomic E-state index is 9.50. The molecule has 0 bridgehead atoms. The summed E-state index contributed by atoms with van der Waals surface area (Å²) in [6, 6.07) is 4.41. The number of pyridine rings is 1. The second-order valence-electron chi connectivity index (χ2n) is 7.53. The highest BCUT2D eigenvalue weighted by molar-refractivity contribution is 6.62. The molecule has 1 aromatic heterocycles. The van der Waals surface area contributed by atoms with Gasteiger partial charge in [0.1, 0.15) is 11.9 Å². The van der Waals surface area contributed by atoms with Crippen molar-refractivity contribution in [3.8, 4) is 6.07 Å². The Balaban J connectivity index is 1.78. The highest BCUT2D eigenvalue weighted by atomic mass is 16.7. The summed E-state index contributed by atoms with van der Waals surface area (Å²) in [5.74, 6) is 0.643. The molecule has 2 N–H and O–H groups in total. The molecule has 2 aliphatic heterocycles. The molecule has 0 spiro atoms. The third-order valence-electron chi connectivity index (χ3n) is 5.23. The first-order chi connectivity index (χ1) is 11.3. The van der Waals surface area contributed by atoms with Crippen molar-refractivity contribution >= 4 is 18.4 Å². The number of aromatic nitrogens is 1. The van der Waals surface area contributed by atoms with Crippen LogP contribution in [-0.4, -0.2) is 42.4 Å². The van der Waals surface area contributed by atoms with E-state index >= 15 is 0 Å². The molecule has 0 unspecified atom stereocenters. The summed E-state index contributed by atoms with van der Waals surface area (Å²) >= 11 is 0. The van der Waals surface area contributed by atoms with Crippen LogP contribution in [-0.2, 0) is 9.31 Å². The number of hydrogen-bond donors (Lipinski definition) is 2. The van der Waals surface area contributed by atoms with E-state index in [0.29, 0.717) is 17.4 Å². The third kappa shape index (κ3) is 3.27. The molecular formula is C17H25BN4O2. The highest BCUT2D eigenvalue weighted by Crippen LogP contribution is 2.36. The normalized spacial score (nSPS) is 23.0. The molecule has 0 radical (unpaired) electrons. The van der Waals surface area contributed by atoms with Crippen LogP contribution in [0.5, 0.6) is 0 Å². The Labute approximate surface area is 144 Å². The molecule has 128 valence electrons. The quantitative estimate of drug-likeness (QED) is 0.817. The SMILES string of the molecule is CC1(C)OB(c2cnc(NC3CCNCC3)c(C#N)c2)OC1(C)C. The summed E-state index contributed by atoms with van der Waals surface area (Å²) in [6.07, 6.45) is 3.81. The fourth-order valence-electron chi connectivity index (χ4n) is 2.95. The Bertz CT molecular complexity index is 634. The highest BCUT2D eigenvalue weighted by Gasteiger charge is 2.51. The van der Waals surface area contributed by atoms with E-state index in [1.165, 1.54) is 0 Å². The first-order valence-corrected chi connectivity index (χ1v) is 8.55. The van der Waals surface area contributed by atoms with Crippen molar-refractivity contribution in [2.24, 2.45) is 0 Å².